The molecule has 57 heavy (non-hydrogen) atoms. The molecular weight excluding hydrogens is 689 g/mol. The normalized spacial score (nSPS) is 16.5. The number of benzene rings is 7. The van der Waals surface area contributed by atoms with Crippen molar-refractivity contribution in [3.8, 4) is 39.1 Å². The first kappa shape index (κ1) is 33.9. The van der Waals surface area contributed by atoms with Gasteiger partial charge in [-0.05, 0) is 140 Å². The number of hydrogen-bond donors (Lipinski definition) is 0. The van der Waals surface area contributed by atoms with Crippen molar-refractivity contribution >= 4 is 34.0 Å². The lowest BCUT2D eigenvalue weighted by molar-refractivity contribution is 0.660. The van der Waals surface area contributed by atoms with Gasteiger partial charge in [0.15, 0.2) is 0 Å². The monoisotopic (exact) mass is 734 g/mol. The van der Waals surface area contributed by atoms with Crippen molar-refractivity contribution in [3.63, 3.8) is 0 Å². The molecule has 0 aliphatic heterocycles. The molecule has 0 N–H and O–H groups in total. The van der Waals surface area contributed by atoms with Gasteiger partial charge in [0.2, 0.25) is 0 Å². The van der Waals surface area contributed by atoms with Gasteiger partial charge in [0, 0.05) is 44.7 Å². The first-order valence-corrected chi connectivity index (χ1v) is 20.5. The van der Waals surface area contributed by atoms with E-state index in [0.717, 1.165) is 12.1 Å². The molecule has 3 aliphatic carbocycles. The smallest absolute Gasteiger partial charge is 0.0538 e. The SMILES string of the molecule is CC1C=Cc2c(c3cc(-c4ccc(N(c5ccc6c(c5)C(C)(C)c5ccccc5-6)c5ccc6c(c5)C(C)(C)c5ccccc5-6)cc4)ccc3n2-c2ccccc2)C1. The second-order valence-corrected chi connectivity index (χ2v) is 17.5. The lowest BCUT2D eigenvalue weighted by Crippen LogP contribution is -2.18. The number of rotatable bonds is 5. The standard InChI is InChI=1S/C55H46N2/c1-35-19-29-52-46(31-35)47-32-37(22-30-53(47)57(52)38-13-7-6-8-14-38)36-20-23-39(24-21-36)56(40-25-27-44-42-15-9-11-17-48(42)54(2,3)50(44)33-40)41-26-28-45-43-16-10-12-18-49(43)55(4,5)51(45)34-41/h6-30,32-35H,31H2,1-5H3. The summed E-state index contributed by atoms with van der Waals surface area (Å²) in [6, 6.07) is 59.1. The number of nitrogens with zero attached hydrogens (tertiary/aromatic N) is 2. The van der Waals surface area contributed by atoms with Crippen molar-refractivity contribution in [1.29, 1.82) is 0 Å². The van der Waals surface area contributed by atoms with Gasteiger partial charge in [-0.3, -0.25) is 0 Å². The summed E-state index contributed by atoms with van der Waals surface area (Å²) in [6.07, 6.45) is 5.73. The van der Waals surface area contributed by atoms with Crippen LogP contribution in [0.25, 0.3) is 56.0 Å². The topological polar surface area (TPSA) is 8.17 Å². The molecule has 0 radical (unpaired) electrons. The first-order valence-electron chi connectivity index (χ1n) is 20.5. The Labute approximate surface area is 336 Å². The average molecular weight is 735 g/mol. The van der Waals surface area contributed by atoms with Gasteiger partial charge in [-0.2, -0.15) is 0 Å². The van der Waals surface area contributed by atoms with Crippen LogP contribution in [0.15, 0.2) is 164 Å². The Morgan fingerprint density at radius 2 is 1.04 bits per heavy atom. The zero-order chi connectivity index (χ0) is 38.6. The quantitative estimate of drug-likeness (QED) is 0.171. The van der Waals surface area contributed by atoms with E-state index in [1.807, 2.05) is 0 Å². The molecule has 7 aromatic carbocycles. The van der Waals surface area contributed by atoms with E-state index >= 15 is 0 Å². The van der Waals surface area contributed by atoms with Crippen LogP contribution in [0.5, 0.6) is 0 Å². The first-order chi connectivity index (χ1) is 27.7. The van der Waals surface area contributed by atoms with Gasteiger partial charge in [-0.25, -0.2) is 0 Å². The predicted molar refractivity (Wildman–Crippen MR) is 240 cm³/mol. The molecule has 276 valence electrons. The highest BCUT2D eigenvalue weighted by atomic mass is 15.1. The van der Waals surface area contributed by atoms with Gasteiger partial charge in [0.25, 0.3) is 0 Å². The molecule has 11 rings (SSSR count). The summed E-state index contributed by atoms with van der Waals surface area (Å²) >= 11 is 0. The van der Waals surface area contributed by atoms with E-state index in [9.17, 15) is 0 Å². The Morgan fingerprint density at radius 1 is 0.509 bits per heavy atom. The fourth-order valence-electron chi connectivity index (χ4n) is 10.4. The van der Waals surface area contributed by atoms with Crippen LogP contribution >= 0.6 is 0 Å². The van der Waals surface area contributed by atoms with Crippen molar-refractivity contribution in [2.24, 2.45) is 5.92 Å². The zero-order valence-corrected chi connectivity index (χ0v) is 33.3. The van der Waals surface area contributed by atoms with Gasteiger partial charge < -0.3 is 9.47 Å². The van der Waals surface area contributed by atoms with Crippen molar-refractivity contribution in [2.75, 3.05) is 4.90 Å². The van der Waals surface area contributed by atoms with Crippen molar-refractivity contribution in [1.82, 2.24) is 4.57 Å². The molecule has 0 fully saturated rings. The van der Waals surface area contributed by atoms with E-state index in [1.165, 1.54) is 94.9 Å². The molecule has 8 aromatic rings. The number of para-hydroxylation sites is 1. The molecule has 3 aliphatic rings. The number of fused-ring (bicyclic) bond motifs is 9. The largest absolute Gasteiger partial charge is 0.310 e. The fourth-order valence-corrected chi connectivity index (χ4v) is 10.4. The second kappa shape index (κ2) is 12.3. The van der Waals surface area contributed by atoms with Crippen LogP contribution in [0, 0.1) is 5.92 Å². The second-order valence-electron chi connectivity index (χ2n) is 17.5. The number of allylic oxidation sites excluding steroid dienone is 1. The summed E-state index contributed by atoms with van der Waals surface area (Å²) in [5.74, 6) is 0.513. The summed E-state index contributed by atoms with van der Waals surface area (Å²) in [5, 5.41) is 1.34. The zero-order valence-electron chi connectivity index (χ0n) is 33.3. The number of hydrogen-bond acceptors (Lipinski definition) is 1. The van der Waals surface area contributed by atoms with E-state index in [4.69, 9.17) is 0 Å². The molecule has 0 bridgehead atoms. The molecule has 0 saturated heterocycles. The summed E-state index contributed by atoms with van der Waals surface area (Å²) < 4.78 is 2.44. The Morgan fingerprint density at radius 3 is 1.65 bits per heavy atom. The molecule has 1 unspecified atom stereocenters. The molecule has 2 heteroatoms. The van der Waals surface area contributed by atoms with E-state index in [0.29, 0.717) is 5.92 Å². The van der Waals surface area contributed by atoms with Crippen molar-refractivity contribution in [2.45, 2.75) is 51.9 Å². The molecule has 1 atom stereocenters. The third-order valence-corrected chi connectivity index (χ3v) is 13.3. The third-order valence-electron chi connectivity index (χ3n) is 13.3. The molecule has 2 nitrogen and oxygen atoms in total. The molecule has 1 heterocycles. The van der Waals surface area contributed by atoms with Crippen LogP contribution in [-0.2, 0) is 17.3 Å². The maximum atomic E-state index is 2.47. The van der Waals surface area contributed by atoms with Gasteiger partial charge in [0.05, 0.1) is 5.52 Å². The van der Waals surface area contributed by atoms with Gasteiger partial charge in [0.1, 0.15) is 0 Å². The summed E-state index contributed by atoms with van der Waals surface area (Å²) in [4.78, 5) is 2.47. The lowest BCUT2D eigenvalue weighted by Gasteiger charge is -2.30. The summed E-state index contributed by atoms with van der Waals surface area (Å²) in [7, 11) is 0. The number of anilines is 3. The predicted octanol–water partition coefficient (Wildman–Crippen LogP) is 14.6. The van der Waals surface area contributed by atoms with Crippen LogP contribution in [0.4, 0.5) is 17.1 Å². The van der Waals surface area contributed by atoms with Gasteiger partial charge in [-0.15, -0.1) is 0 Å². The minimum Gasteiger partial charge on any atom is -0.310 e. The molecular formula is C55H46N2. The highest BCUT2D eigenvalue weighted by molar-refractivity contribution is 5.94. The highest BCUT2D eigenvalue weighted by Gasteiger charge is 2.37. The van der Waals surface area contributed by atoms with Crippen LogP contribution in [0.2, 0.25) is 0 Å². The maximum Gasteiger partial charge on any atom is 0.0538 e. The lowest BCUT2D eigenvalue weighted by atomic mass is 9.82. The van der Waals surface area contributed by atoms with Gasteiger partial charge >= 0.3 is 0 Å². The van der Waals surface area contributed by atoms with Gasteiger partial charge in [-0.1, -0.05) is 138 Å². The van der Waals surface area contributed by atoms with Crippen LogP contribution < -0.4 is 4.90 Å². The Hall–Kier alpha value is -6.38. The highest BCUT2D eigenvalue weighted by Crippen LogP contribution is 2.53. The summed E-state index contributed by atoms with van der Waals surface area (Å²) in [6.45, 7) is 11.8. The third kappa shape index (κ3) is 5.03. The molecule has 0 spiro atoms. The molecule has 1 aromatic heterocycles. The van der Waals surface area contributed by atoms with Crippen molar-refractivity contribution < 1.29 is 0 Å². The fraction of sp³-hybridized carbons (Fsp3) is 0.164. The molecule has 0 saturated carbocycles. The average Bonchev–Trinajstić information content (AvgIpc) is 3.77. The molecule has 0 amide bonds. The van der Waals surface area contributed by atoms with Crippen LogP contribution in [0.1, 0.15) is 68.1 Å². The van der Waals surface area contributed by atoms with E-state index in [1.54, 1.807) is 0 Å². The van der Waals surface area contributed by atoms with Crippen molar-refractivity contribution in [3.05, 3.63) is 197 Å². The maximum absolute atomic E-state index is 2.47. The van der Waals surface area contributed by atoms with E-state index in [-0.39, 0.29) is 10.8 Å². The number of aromatic nitrogens is 1. The Kier molecular flexibility index (Phi) is 7.32. The van der Waals surface area contributed by atoms with Crippen LogP contribution in [-0.4, -0.2) is 4.57 Å². The Bertz CT molecular complexity index is 2830. The minimum atomic E-state index is -0.0933. The van der Waals surface area contributed by atoms with Crippen LogP contribution in [0.3, 0.4) is 0 Å². The van der Waals surface area contributed by atoms with E-state index < -0.39 is 0 Å². The minimum absolute atomic E-state index is 0.0933. The summed E-state index contributed by atoms with van der Waals surface area (Å²) in [5.41, 5.74) is 21.9. The van der Waals surface area contributed by atoms with E-state index in [2.05, 4.69) is 214 Å². The Balaban J connectivity index is 1.04.